The molecule has 1 aliphatic rings. The number of ether oxygens (including phenoxy) is 1. The summed E-state index contributed by atoms with van der Waals surface area (Å²) >= 11 is 0. The summed E-state index contributed by atoms with van der Waals surface area (Å²) < 4.78 is 6.89. The number of carbonyl (C=O) groups is 1. The Morgan fingerprint density at radius 1 is 1.33 bits per heavy atom. The lowest BCUT2D eigenvalue weighted by atomic mass is 9.96. The fraction of sp³-hybridized carbons (Fsp3) is 0.636. The fourth-order valence-corrected chi connectivity index (χ4v) is 2.12. The van der Waals surface area contributed by atoms with Crippen molar-refractivity contribution >= 4 is 12.2 Å². The van der Waals surface area contributed by atoms with Gasteiger partial charge in [0.25, 0.3) is 0 Å². The number of methoxy groups -OCH3 is 1. The molecule has 0 amide bonds. The zero-order valence-corrected chi connectivity index (χ0v) is 10.3. The Labute approximate surface area is 104 Å². The van der Waals surface area contributed by atoms with E-state index in [9.17, 15) is 9.59 Å². The summed E-state index contributed by atoms with van der Waals surface area (Å²) in [7, 11) is 1.27. The van der Waals surface area contributed by atoms with Crippen molar-refractivity contribution in [3.63, 3.8) is 0 Å². The molecule has 1 heterocycles. The SMILES string of the molecule is COC(=O)/C=C\n1nnn(C2CCCCC2)c1=O. The monoisotopic (exact) mass is 252 g/mol. The molecular weight excluding hydrogens is 236 g/mol. The predicted molar refractivity (Wildman–Crippen MR) is 63.8 cm³/mol. The second-order valence-corrected chi connectivity index (χ2v) is 4.28. The zero-order valence-electron chi connectivity index (χ0n) is 10.3. The highest BCUT2D eigenvalue weighted by Crippen LogP contribution is 2.25. The summed E-state index contributed by atoms with van der Waals surface area (Å²) in [6.07, 6.45) is 7.76. The highest BCUT2D eigenvalue weighted by Gasteiger charge is 2.19. The van der Waals surface area contributed by atoms with Crippen LogP contribution in [0.4, 0.5) is 0 Å². The molecule has 0 spiro atoms. The summed E-state index contributed by atoms with van der Waals surface area (Å²) in [6, 6.07) is 0.131. The van der Waals surface area contributed by atoms with Gasteiger partial charge in [-0.05, 0) is 23.3 Å². The van der Waals surface area contributed by atoms with Crippen LogP contribution in [-0.2, 0) is 9.53 Å². The van der Waals surface area contributed by atoms with E-state index in [1.165, 1.54) is 24.4 Å². The maximum atomic E-state index is 12.0. The molecule has 7 heteroatoms. The molecule has 1 aromatic heterocycles. The van der Waals surface area contributed by atoms with E-state index >= 15 is 0 Å². The van der Waals surface area contributed by atoms with Crippen molar-refractivity contribution in [3.05, 3.63) is 16.6 Å². The van der Waals surface area contributed by atoms with Gasteiger partial charge in [0.05, 0.1) is 13.2 Å². The maximum absolute atomic E-state index is 12.0. The third-order valence-electron chi connectivity index (χ3n) is 3.10. The molecule has 0 aliphatic heterocycles. The van der Waals surface area contributed by atoms with Gasteiger partial charge in [-0.25, -0.2) is 9.59 Å². The van der Waals surface area contributed by atoms with Crippen LogP contribution in [0, 0.1) is 0 Å². The Morgan fingerprint density at radius 3 is 2.72 bits per heavy atom. The summed E-state index contributed by atoms with van der Waals surface area (Å²) in [5.74, 6) is -0.533. The lowest BCUT2D eigenvalue weighted by Gasteiger charge is -2.19. The van der Waals surface area contributed by atoms with Crippen molar-refractivity contribution < 1.29 is 9.53 Å². The number of hydrogen-bond acceptors (Lipinski definition) is 5. The van der Waals surface area contributed by atoms with E-state index in [1.54, 1.807) is 0 Å². The highest BCUT2D eigenvalue weighted by molar-refractivity contribution is 5.84. The van der Waals surface area contributed by atoms with Gasteiger partial charge in [0.2, 0.25) is 0 Å². The van der Waals surface area contributed by atoms with E-state index in [4.69, 9.17) is 0 Å². The normalized spacial score (nSPS) is 17.2. The average molecular weight is 252 g/mol. The Bertz CT molecular complexity index is 497. The van der Waals surface area contributed by atoms with Crippen molar-refractivity contribution in [1.82, 2.24) is 19.8 Å². The van der Waals surface area contributed by atoms with Gasteiger partial charge in [0.1, 0.15) is 0 Å². The summed E-state index contributed by atoms with van der Waals surface area (Å²) in [4.78, 5) is 22.9. The molecule has 0 saturated heterocycles. The first-order valence-corrected chi connectivity index (χ1v) is 6.02. The molecule has 18 heavy (non-hydrogen) atoms. The van der Waals surface area contributed by atoms with Gasteiger partial charge in [-0.1, -0.05) is 19.3 Å². The third-order valence-corrected chi connectivity index (χ3v) is 3.10. The van der Waals surface area contributed by atoms with Crippen molar-refractivity contribution in [3.8, 4) is 0 Å². The van der Waals surface area contributed by atoms with E-state index < -0.39 is 5.97 Å². The molecule has 0 aromatic carbocycles. The number of nitrogens with zero attached hydrogens (tertiary/aromatic N) is 4. The Morgan fingerprint density at radius 2 is 2.06 bits per heavy atom. The van der Waals surface area contributed by atoms with Gasteiger partial charge in [-0.15, -0.1) is 0 Å². The number of tetrazole rings is 1. The molecule has 1 fully saturated rings. The smallest absolute Gasteiger partial charge is 0.368 e. The number of rotatable bonds is 3. The summed E-state index contributed by atoms with van der Waals surface area (Å²) in [6.45, 7) is 0. The standard InChI is InChI=1S/C11H16N4O3/c1-18-10(16)7-8-14-11(17)15(13-12-14)9-5-3-2-4-6-9/h7-9H,2-6H2,1H3/b8-7-. The minimum atomic E-state index is -0.533. The minimum absolute atomic E-state index is 0.131. The first-order chi connectivity index (χ1) is 8.72. The predicted octanol–water partition coefficient (Wildman–Crippen LogP) is 0.589. The van der Waals surface area contributed by atoms with Crippen LogP contribution in [0.25, 0.3) is 6.20 Å². The Kier molecular flexibility index (Phi) is 3.91. The number of aromatic nitrogens is 4. The lowest BCUT2D eigenvalue weighted by Crippen LogP contribution is -2.28. The topological polar surface area (TPSA) is 79.0 Å². The molecule has 1 aromatic rings. The fourth-order valence-electron chi connectivity index (χ4n) is 2.12. The minimum Gasteiger partial charge on any atom is -0.466 e. The van der Waals surface area contributed by atoms with Gasteiger partial charge < -0.3 is 4.74 Å². The van der Waals surface area contributed by atoms with Crippen LogP contribution >= 0.6 is 0 Å². The van der Waals surface area contributed by atoms with Crippen LogP contribution in [0.1, 0.15) is 38.1 Å². The molecule has 7 nitrogen and oxygen atoms in total. The highest BCUT2D eigenvalue weighted by atomic mass is 16.5. The van der Waals surface area contributed by atoms with E-state index in [0.29, 0.717) is 0 Å². The second kappa shape index (κ2) is 5.61. The first-order valence-electron chi connectivity index (χ1n) is 6.02. The molecular formula is C11H16N4O3. The van der Waals surface area contributed by atoms with Crippen molar-refractivity contribution in [2.75, 3.05) is 7.11 Å². The van der Waals surface area contributed by atoms with Crippen molar-refractivity contribution in [1.29, 1.82) is 0 Å². The van der Waals surface area contributed by atoms with Crippen LogP contribution < -0.4 is 5.69 Å². The van der Waals surface area contributed by atoms with Crippen LogP contribution in [0.2, 0.25) is 0 Å². The van der Waals surface area contributed by atoms with Crippen molar-refractivity contribution in [2.24, 2.45) is 0 Å². The molecule has 98 valence electrons. The van der Waals surface area contributed by atoms with Crippen LogP contribution in [0.3, 0.4) is 0 Å². The number of carbonyl (C=O) groups excluding carboxylic acids is 1. The van der Waals surface area contributed by atoms with Gasteiger partial charge >= 0.3 is 11.7 Å². The zero-order chi connectivity index (χ0) is 13.0. The molecule has 0 N–H and O–H groups in total. The van der Waals surface area contributed by atoms with E-state index in [1.807, 2.05) is 0 Å². The lowest BCUT2D eigenvalue weighted by molar-refractivity contribution is -0.134. The summed E-state index contributed by atoms with van der Waals surface area (Å²) in [5, 5.41) is 7.58. The molecule has 0 atom stereocenters. The van der Waals surface area contributed by atoms with Crippen molar-refractivity contribution in [2.45, 2.75) is 38.1 Å². The van der Waals surface area contributed by atoms with E-state index in [0.717, 1.165) is 36.4 Å². The van der Waals surface area contributed by atoms with Gasteiger partial charge in [-0.3, -0.25) is 0 Å². The van der Waals surface area contributed by atoms with E-state index in [2.05, 4.69) is 15.2 Å². The van der Waals surface area contributed by atoms with Crippen LogP contribution in [0.15, 0.2) is 10.9 Å². The van der Waals surface area contributed by atoms with Gasteiger partial charge in [0, 0.05) is 12.3 Å². The maximum Gasteiger partial charge on any atom is 0.368 e. The van der Waals surface area contributed by atoms with E-state index in [-0.39, 0.29) is 11.7 Å². The Balaban J connectivity index is 2.15. The molecule has 0 bridgehead atoms. The molecule has 1 saturated carbocycles. The molecule has 0 radical (unpaired) electrons. The molecule has 1 aliphatic carbocycles. The second-order valence-electron chi connectivity index (χ2n) is 4.28. The van der Waals surface area contributed by atoms with Crippen LogP contribution in [0.5, 0.6) is 0 Å². The van der Waals surface area contributed by atoms with Crippen LogP contribution in [-0.4, -0.2) is 32.9 Å². The number of esters is 1. The van der Waals surface area contributed by atoms with Gasteiger partial charge in [-0.2, -0.15) is 9.36 Å². The molecule has 0 unspecified atom stereocenters. The third kappa shape index (κ3) is 2.66. The first kappa shape index (κ1) is 12.5. The Hall–Kier alpha value is -1.92. The van der Waals surface area contributed by atoms with Gasteiger partial charge in [0.15, 0.2) is 0 Å². The largest absolute Gasteiger partial charge is 0.466 e. The average Bonchev–Trinajstić information content (AvgIpc) is 2.78. The summed E-state index contributed by atoms with van der Waals surface area (Å²) in [5.41, 5.74) is -0.318. The molecule has 2 rings (SSSR count). The quantitative estimate of drug-likeness (QED) is 0.581. The number of hydrogen-bond donors (Lipinski definition) is 0.